The first-order chi connectivity index (χ1) is 10.4. The molecule has 0 N–H and O–H groups in total. The van der Waals surface area contributed by atoms with Crippen LogP contribution in [0.5, 0.6) is 0 Å². The summed E-state index contributed by atoms with van der Waals surface area (Å²) in [6.07, 6.45) is 12.1. The summed E-state index contributed by atoms with van der Waals surface area (Å²) in [5.41, 5.74) is 0. The van der Waals surface area contributed by atoms with Crippen LogP contribution in [0.1, 0.15) is 92.9 Å². The highest BCUT2D eigenvalue weighted by Crippen LogP contribution is 2.43. The second-order valence-corrected chi connectivity index (χ2v) is 9.64. The summed E-state index contributed by atoms with van der Waals surface area (Å²) in [6, 6.07) is 0. The van der Waals surface area contributed by atoms with Crippen LogP contribution in [0.15, 0.2) is 0 Å². The Bertz CT molecular complexity index is 308. The molecule has 130 valence electrons. The van der Waals surface area contributed by atoms with E-state index in [0.717, 1.165) is 47.3 Å². The van der Waals surface area contributed by atoms with E-state index in [9.17, 15) is 0 Å². The van der Waals surface area contributed by atoms with Gasteiger partial charge in [-0.1, -0.05) is 60.8 Å². The van der Waals surface area contributed by atoms with Gasteiger partial charge in [0.05, 0.1) is 0 Å². The van der Waals surface area contributed by atoms with Crippen molar-refractivity contribution in [2.75, 3.05) is 0 Å². The lowest BCUT2D eigenvalue weighted by atomic mass is 9.75. The highest BCUT2D eigenvalue weighted by atomic mass is 14.4. The molecule has 2 aliphatic carbocycles. The van der Waals surface area contributed by atoms with Crippen molar-refractivity contribution in [1.29, 1.82) is 0 Å². The van der Waals surface area contributed by atoms with Crippen LogP contribution in [0.3, 0.4) is 0 Å². The molecule has 0 heteroatoms. The molecule has 0 spiro atoms. The van der Waals surface area contributed by atoms with Gasteiger partial charge >= 0.3 is 0 Å². The van der Waals surface area contributed by atoms with Crippen molar-refractivity contribution >= 4 is 0 Å². The Morgan fingerprint density at radius 2 is 1.50 bits per heavy atom. The van der Waals surface area contributed by atoms with E-state index in [1.165, 1.54) is 51.4 Å². The van der Waals surface area contributed by atoms with Gasteiger partial charge in [0.15, 0.2) is 0 Å². The van der Waals surface area contributed by atoms with Crippen LogP contribution in [0.4, 0.5) is 0 Å². The van der Waals surface area contributed by atoms with Gasteiger partial charge in [0.2, 0.25) is 0 Å². The van der Waals surface area contributed by atoms with Crippen LogP contribution in [0.2, 0.25) is 0 Å². The Balaban J connectivity index is 1.88. The van der Waals surface area contributed by atoms with E-state index in [4.69, 9.17) is 0 Å². The first-order valence-corrected chi connectivity index (χ1v) is 10.4. The SMILES string of the molecule is CC(C)C(C)C(CCC1CCCC1C)CC1CC(C)C(C)C1. The molecule has 0 nitrogen and oxygen atoms in total. The molecule has 0 aromatic heterocycles. The van der Waals surface area contributed by atoms with Gasteiger partial charge in [-0.3, -0.25) is 0 Å². The maximum absolute atomic E-state index is 2.54. The molecule has 6 unspecified atom stereocenters. The van der Waals surface area contributed by atoms with E-state index < -0.39 is 0 Å². The van der Waals surface area contributed by atoms with Crippen LogP contribution in [-0.2, 0) is 0 Å². The van der Waals surface area contributed by atoms with Crippen LogP contribution < -0.4 is 0 Å². The lowest BCUT2D eigenvalue weighted by Gasteiger charge is -2.31. The molecule has 0 saturated heterocycles. The van der Waals surface area contributed by atoms with Gasteiger partial charge in [-0.05, 0) is 79.4 Å². The number of rotatable bonds is 7. The van der Waals surface area contributed by atoms with E-state index >= 15 is 0 Å². The molecule has 0 amide bonds. The Morgan fingerprint density at radius 1 is 0.864 bits per heavy atom. The largest absolute Gasteiger partial charge is 0.0625 e. The first-order valence-electron chi connectivity index (χ1n) is 10.4. The first kappa shape index (κ1) is 18.3. The Labute approximate surface area is 140 Å². The molecule has 22 heavy (non-hydrogen) atoms. The highest BCUT2D eigenvalue weighted by molar-refractivity contribution is 4.83. The van der Waals surface area contributed by atoms with Gasteiger partial charge in [0.1, 0.15) is 0 Å². The second kappa shape index (κ2) is 8.20. The van der Waals surface area contributed by atoms with Crippen LogP contribution in [0.25, 0.3) is 0 Å². The average molecular weight is 307 g/mol. The summed E-state index contributed by atoms with van der Waals surface area (Å²) in [5, 5.41) is 0. The predicted octanol–water partition coefficient (Wildman–Crippen LogP) is 7.18. The highest BCUT2D eigenvalue weighted by Gasteiger charge is 2.32. The zero-order valence-corrected chi connectivity index (χ0v) is 16.3. The third-order valence-corrected chi connectivity index (χ3v) is 7.76. The molecule has 2 saturated carbocycles. The van der Waals surface area contributed by atoms with Crippen LogP contribution in [-0.4, -0.2) is 0 Å². The van der Waals surface area contributed by atoms with E-state index in [0.29, 0.717) is 0 Å². The maximum Gasteiger partial charge on any atom is -0.0383 e. The smallest absolute Gasteiger partial charge is 0.0383 e. The monoisotopic (exact) mass is 306 g/mol. The topological polar surface area (TPSA) is 0 Å². The van der Waals surface area contributed by atoms with Gasteiger partial charge in [-0.2, -0.15) is 0 Å². The van der Waals surface area contributed by atoms with E-state index in [2.05, 4.69) is 41.5 Å². The lowest BCUT2D eigenvalue weighted by Crippen LogP contribution is -2.21. The maximum atomic E-state index is 2.54. The Morgan fingerprint density at radius 3 is 2.00 bits per heavy atom. The van der Waals surface area contributed by atoms with Crippen molar-refractivity contribution in [2.24, 2.45) is 47.3 Å². The minimum Gasteiger partial charge on any atom is -0.0625 e. The summed E-state index contributed by atoms with van der Waals surface area (Å²) < 4.78 is 0. The van der Waals surface area contributed by atoms with Crippen LogP contribution in [0, 0.1) is 47.3 Å². The summed E-state index contributed by atoms with van der Waals surface area (Å²) in [7, 11) is 0. The third kappa shape index (κ3) is 4.75. The Hall–Kier alpha value is 0. The van der Waals surface area contributed by atoms with Gasteiger partial charge in [0, 0.05) is 0 Å². The van der Waals surface area contributed by atoms with Gasteiger partial charge in [-0.25, -0.2) is 0 Å². The molecule has 0 aromatic carbocycles. The molecular formula is C22H42. The van der Waals surface area contributed by atoms with Gasteiger partial charge in [-0.15, -0.1) is 0 Å². The van der Waals surface area contributed by atoms with Crippen molar-refractivity contribution in [3.63, 3.8) is 0 Å². The zero-order valence-electron chi connectivity index (χ0n) is 16.3. The molecule has 0 radical (unpaired) electrons. The summed E-state index contributed by atoms with van der Waals surface area (Å²) >= 11 is 0. The Kier molecular flexibility index (Phi) is 6.84. The molecule has 6 atom stereocenters. The minimum atomic E-state index is 0.849. The fourth-order valence-corrected chi connectivity index (χ4v) is 5.45. The fraction of sp³-hybridized carbons (Fsp3) is 1.00. The normalized spacial score (nSPS) is 38.6. The lowest BCUT2D eigenvalue weighted by molar-refractivity contribution is 0.196. The minimum absolute atomic E-state index is 0.849. The molecule has 2 rings (SSSR count). The number of hydrogen-bond donors (Lipinski definition) is 0. The predicted molar refractivity (Wildman–Crippen MR) is 98.9 cm³/mol. The molecule has 0 bridgehead atoms. The van der Waals surface area contributed by atoms with E-state index in [1.54, 1.807) is 0 Å². The van der Waals surface area contributed by atoms with Crippen molar-refractivity contribution in [2.45, 2.75) is 92.9 Å². The standard InChI is InChI=1S/C22H42/c1-15(2)19(6)22(11-10-21-9-7-8-16(21)3)14-20-12-17(4)18(5)13-20/h15-22H,7-14H2,1-6H3. The van der Waals surface area contributed by atoms with Gasteiger partial charge < -0.3 is 0 Å². The van der Waals surface area contributed by atoms with Crippen LogP contribution >= 0.6 is 0 Å². The molecular weight excluding hydrogens is 264 g/mol. The zero-order chi connectivity index (χ0) is 16.3. The van der Waals surface area contributed by atoms with Crippen molar-refractivity contribution in [3.05, 3.63) is 0 Å². The summed E-state index contributed by atoms with van der Waals surface area (Å²) in [4.78, 5) is 0. The van der Waals surface area contributed by atoms with E-state index in [1.807, 2.05) is 0 Å². The van der Waals surface area contributed by atoms with Crippen molar-refractivity contribution in [3.8, 4) is 0 Å². The third-order valence-electron chi connectivity index (χ3n) is 7.76. The fourth-order valence-electron chi connectivity index (χ4n) is 5.45. The van der Waals surface area contributed by atoms with Crippen molar-refractivity contribution < 1.29 is 0 Å². The second-order valence-electron chi connectivity index (χ2n) is 9.64. The molecule has 2 fully saturated rings. The summed E-state index contributed by atoms with van der Waals surface area (Å²) in [5.74, 6) is 7.74. The molecule has 0 aliphatic heterocycles. The van der Waals surface area contributed by atoms with Crippen molar-refractivity contribution in [1.82, 2.24) is 0 Å². The quantitative estimate of drug-likeness (QED) is 0.467. The summed E-state index contributed by atoms with van der Waals surface area (Å²) in [6.45, 7) is 14.9. The number of hydrogen-bond acceptors (Lipinski definition) is 0. The molecule has 2 aliphatic rings. The van der Waals surface area contributed by atoms with Gasteiger partial charge in [0.25, 0.3) is 0 Å². The molecule has 0 heterocycles. The average Bonchev–Trinajstić information content (AvgIpc) is 3.00. The molecule has 0 aromatic rings. The van der Waals surface area contributed by atoms with E-state index in [-0.39, 0.29) is 0 Å².